The number of aliphatic hydroxyl groups is 1. The summed E-state index contributed by atoms with van der Waals surface area (Å²) in [4.78, 5) is 62.3. The molecule has 17 heteroatoms. The molecule has 1 aliphatic carbocycles. The van der Waals surface area contributed by atoms with Gasteiger partial charge in [0.1, 0.15) is 18.7 Å². The van der Waals surface area contributed by atoms with Gasteiger partial charge in [0.05, 0.1) is 65.6 Å². The van der Waals surface area contributed by atoms with Gasteiger partial charge in [0.25, 0.3) is 0 Å². The first-order chi connectivity index (χ1) is 27.5. The lowest BCUT2D eigenvalue weighted by Crippen LogP contribution is -2.54. The van der Waals surface area contributed by atoms with E-state index in [1.807, 2.05) is 0 Å². The Morgan fingerprint density at radius 1 is 0.789 bits per heavy atom. The van der Waals surface area contributed by atoms with Crippen LogP contribution in [-0.2, 0) is 49.5 Å². The first-order valence-corrected chi connectivity index (χ1v) is 20.0. The number of rotatable bonds is 29. The maximum absolute atomic E-state index is 13.3. The lowest BCUT2D eigenvalue weighted by atomic mass is 9.99. The number of anilines is 1. The van der Waals surface area contributed by atoms with Gasteiger partial charge in [0.15, 0.2) is 0 Å². The Morgan fingerprint density at radius 2 is 1.44 bits per heavy atom. The third-order valence-corrected chi connectivity index (χ3v) is 8.89. The second-order valence-electron chi connectivity index (χ2n) is 14.1. The number of hydrogen-bond donors (Lipinski definition) is 7. The summed E-state index contributed by atoms with van der Waals surface area (Å²) >= 11 is 0. The fraction of sp³-hybridized carbons (Fsp3) is 0.675. The number of primary amides is 1. The number of allylic oxidation sites excluding steroid dienone is 1. The summed E-state index contributed by atoms with van der Waals surface area (Å²) in [5, 5.41) is 22.8. The van der Waals surface area contributed by atoms with Crippen molar-refractivity contribution in [3.05, 3.63) is 41.5 Å². The summed E-state index contributed by atoms with van der Waals surface area (Å²) in [6, 6.07) is 4.03. The van der Waals surface area contributed by atoms with Crippen LogP contribution >= 0.6 is 0 Å². The number of amides is 6. The lowest BCUT2D eigenvalue weighted by molar-refractivity contribution is -0.132. The normalized spacial score (nSPS) is 16.3. The summed E-state index contributed by atoms with van der Waals surface area (Å²) in [6.45, 7) is 8.74. The Bertz CT molecular complexity index is 1360. The van der Waals surface area contributed by atoms with E-state index in [4.69, 9.17) is 29.4 Å². The van der Waals surface area contributed by atoms with E-state index in [0.717, 1.165) is 19.3 Å². The fourth-order valence-electron chi connectivity index (χ4n) is 5.72. The molecule has 3 atom stereocenters. The zero-order chi connectivity index (χ0) is 41.7. The van der Waals surface area contributed by atoms with Crippen molar-refractivity contribution in [2.24, 2.45) is 11.7 Å². The van der Waals surface area contributed by atoms with Crippen molar-refractivity contribution in [1.82, 2.24) is 21.3 Å². The van der Waals surface area contributed by atoms with E-state index >= 15 is 0 Å². The first-order valence-electron chi connectivity index (χ1n) is 20.0. The van der Waals surface area contributed by atoms with Crippen LogP contribution < -0.4 is 32.3 Å². The molecule has 0 aliphatic heterocycles. The predicted molar refractivity (Wildman–Crippen MR) is 214 cm³/mol. The topological polar surface area (TPSA) is 238 Å². The highest BCUT2D eigenvalue weighted by Crippen LogP contribution is 2.19. The highest BCUT2D eigenvalue weighted by molar-refractivity contribution is 5.98. The molecule has 1 unspecified atom stereocenters. The highest BCUT2D eigenvalue weighted by Gasteiger charge is 2.29. The number of nitrogens with one attached hydrogen (secondary N) is 5. The van der Waals surface area contributed by atoms with Crippen LogP contribution in [0.3, 0.4) is 0 Å². The number of hydrogen-bond acceptors (Lipinski definition) is 11. The SMILES string of the molecule is C/C1=C/C(OCC(=O)NCCOCCOCCOCCOCCC(=O)N[C@H](C(=O)N[C@@H](CCCNC(N)=O)C(=O)Nc2ccc(CO)cc2)C(C)C)CCCCC1. The van der Waals surface area contributed by atoms with Crippen LogP contribution in [0.5, 0.6) is 0 Å². The average molecular weight is 807 g/mol. The Kier molecular flexibility index (Phi) is 25.8. The maximum Gasteiger partial charge on any atom is 0.312 e. The number of nitrogens with two attached hydrogens (primary N) is 1. The number of aliphatic hydroxyl groups excluding tert-OH is 1. The molecule has 57 heavy (non-hydrogen) atoms. The monoisotopic (exact) mass is 806 g/mol. The molecular weight excluding hydrogens is 740 g/mol. The molecule has 1 aliphatic rings. The van der Waals surface area contributed by atoms with E-state index in [-0.39, 0.29) is 69.7 Å². The van der Waals surface area contributed by atoms with Crippen LogP contribution in [0.15, 0.2) is 35.9 Å². The molecule has 0 saturated carbocycles. The maximum atomic E-state index is 13.3. The van der Waals surface area contributed by atoms with Crippen molar-refractivity contribution < 1.29 is 52.8 Å². The molecule has 1 aromatic rings. The minimum atomic E-state index is -0.968. The molecule has 2 rings (SSSR count). The quantitative estimate of drug-likeness (QED) is 0.0457. The van der Waals surface area contributed by atoms with Gasteiger partial charge in [-0.2, -0.15) is 0 Å². The molecule has 0 aromatic heterocycles. The van der Waals surface area contributed by atoms with Crippen molar-refractivity contribution in [2.45, 2.75) is 96.9 Å². The van der Waals surface area contributed by atoms with Gasteiger partial charge in [-0.15, -0.1) is 0 Å². The lowest BCUT2D eigenvalue weighted by Gasteiger charge is -2.25. The second kappa shape index (κ2) is 30.0. The van der Waals surface area contributed by atoms with Gasteiger partial charge in [-0.05, 0) is 62.6 Å². The van der Waals surface area contributed by atoms with Crippen LogP contribution in [0.1, 0.15) is 77.7 Å². The number of benzene rings is 1. The Balaban J connectivity index is 1.55. The third-order valence-electron chi connectivity index (χ3n) is 8.89. The van der Waals surface area contributed by atoms with Crippen LogP contribution in [0.4, 0.5) is 10.5 Å². The summed E-state index contributed by atoms with van der Waals surface area (Å²) in [7, 11) is 0. The minimum absolute atomic E-state index is 0.00106. The molecule has 0 heterocycles. The van der Waals surface area contributed by atoms with E-state index in [2.05, 4.69) is 39.6 Å². The fourth-order valence-corrected chi connectivity index (χ4v) is 5.72. The highest BCUT2D eigenvalue weighted by atomic mass is 16.6. The van der Waals surface area contributed by atoms with Crippen molar-refractivity contribution in [3.63, 3.8) is 0 Å². The molecule has 8 N–H and O–H groups in total. The number of carbonyl (C=O) groups excluding carboxylic acids is 5. The van der Waals surface area contributed by atoms with Crippen LogP contribution in [0.2, 0.25) is 0 Å². The van der Waals surface area contributed by atoms with Gasteiger partial charge in [0.2, 0.25) is 23.6 Å². The molecule has 0 saturated heterocycles. The van der Waals surface area contributed by atoms with E-state index in [9.17, 15) is 29.1 Å². The summed E-state index contributed by atoms with van der Waals surface area (Å²) in [5.74, 6) is -1.84. The van der Waals surface area contributed by atoms with Gasteiger partial charge < -0.3 is 61.1 Å². The third kappa shape index (κ3) is 23.6. The molecule has 0 fully saturated rings. The molecule has 6 amide bonds. The summed E-state index contributed by atoms with van der Waals surface area (Å²) < 4.78 is 27.8. The van der Waals surface area contributed by atoms with Crippen molar-refractivity contribution in [2.75, 3.05) is 77.9 Å². The zero-order valence-electron chi connectivity index (χ0n) is 33.9. The second-order valence-corrected chi connectivity index (χ2v) is 14.1. The van der Waals surface area contributed by atoms with Crippen LogP contribution in [0.25, 0.3) is 0 Å². The van der Waals surface area contributed by atoms with Crippen molar-refractivity contribution in [3.8, 4) is 0 Å². The number of ether oxygens (including phenoxy) is 5. The number of urea groups is 1. The molecule has 0 bridgehead atoms. The number of carbonyl (C=O) groups is 5. The summed E-state index contributed by atoms with van der Waals surface area (Å²) in [5.41, 5.74) is 7.61. The van der Waals surface area contributed by atoms with E-state index < -0.39 is 29.9 Å². The van der Waals surface area contributed by atoms with Crippen LogP contribution in [0, 0.1) is 5.92 Å². The molecule has 0 spiro atoms. The molecule has 1 aromatic carbocycles. The smallest absolute Gasteiger partial charge is 0.312 e. The van der Waals surface area contributed by atoms with E-state index in [1.165, 1.54) is 18.4 Å². The van der Waals surface area contributed by atoms with E-state index in [0.29, 0.717) is 63.9 Å². The zero-order valence-corrected chi connectivity index (χ0v) is 33.9. The standard InChI is InChI=1S/C40H66N6O11/c1-29(2)37(39(51)45-34(10-7-16-43-40(41)52)38(50)44-32-13-11-31(27-47)12-14-32)46-35(48)15-18-53-20-22-55-24-25-56-23-21-54-19-17-42-36(49)28-57-33-9-6-4-5-8-30(3)26-33/h11-14,26,29,33-34,37,47H,4-10,15-25,27-28H2,1-3H3,(H,42,49)(H,44,50)(H,45,51)(H,46,48)(H3,41,43,52)/b30-26-/t33?,34-,37-/m0/s1. The van der Waals surface area contributed by atoms with E-state index in [1.54, 1.807) is 38.1 Å². The molecular formula is C40H66N6O11. The Labute approximate surface area is 336 Å². The van der Waals surface area contributed by atoms with Gasteiger partial charge in [-0.25, -0.2) is 4.79 Å². The summed E-state index contributed by atoms with van der Waals surface area (Å²) in [6.07, 6.45) is 8.25. The van der Waals surface area contributed by atoms with Gasteiger partial charge in [-0.1, -0.05) is 50.5 Å². The minimum Gasteiger partial charge on any atom is -0.392 e. The molecule has 0 radical (unpaired) electrons. The molecule has 322 valence electrons. The van der Waals surface area contributed by atoms with Crippen molar-refractivity contribution >= 4 is 35.3 Å². The van der Waals surface area contributed by atoms with Gasteiger partial charge in [-0.3, -0.25) is 19.2 Å². The average Bonchev–Trinajstić information content (AvgIpc) is 3.17. The van der Waals surface area contributed by atoms with Crippen molar-refractivity contribution in [1.29, 1.82) is 0 Å². The Hall–Kier alpha value is -4.13. The first kappa shape index (κ1) is 49.0. The largest absolute Gasteiger partial charge is 0.392 e. The molecule has 17 nitrogen and oxygen atoms in total. The van der Waals surface area contributed by atoms with Crippen LogP contribution in [-0.4, -0.2) is 126 Å². The predicted octanol–water partition coefficient (Wildman–Crippen LogP) is 2.06. The van der Waals surface area contributed by atoms with Gasteiger partial charge in [0, 0.05) is 25.2 Å². The van der Waals surface area contributed by atoms with Gasteiger partial charge >= 0.3 is 6.03 Å². The Morgan fingerprint density at radius 3 is 2.07 bits per heavy atom.